The minimum Gasteiger partial charge on any atom is -0.486 e. The molecule has 0 spiro atoms. The van der Waals surface area contributed by atoms with Crippen molar-refractivity contribution < 1.29 is 19.0 Å². The fourth-order valence-electron chi connectivity index (χ4n) is 3.89. The van der Waals surface area contributed by atoms with E-state index in [-0.39, 0.29) is 5.91 Å². The van der Waals surface area contributed by atoms with Crippen LogP contribution in [0.3, 0.4) is 0 Å². The van der Waals surface area contributed by atoms with Crippen molar-refractivity contribution in [1.29, 1.82) is 0 Å². The molecule has 8 heteroatoms. The van der Waals surface area contributed by atoms with Crippen LogP contribution in [0.1, 0.15) is 18.4 Å². The molecule has 1 saturated heterocycles. The maximum Gasteiger partial charge on any atom is 0.236 e. The molecule has 2 aliphatic heterocycles. The molecule has 1 N–H and O–H groups in total. The summed E-state index contributed by atoms with van der Waals surface area (Å²) in [6.45, 7) is 2.12. The van der Waals surface area contributed by atoms with E-state index < -0.39 is 5.41 Å². The zero-order chi connectivity index (χ0) is 19.8. The number of nitrogens with zero attached hydrogens (tertiary/aromatic N) is 1. The Bertz CT molecular complexity index is 1030. The van der Waals surface area contributed by atoms with Gasteiger partial charge in [-0.25, -0.2) is 4.98 Å². The normalized spacial score (nSPS) is 17.8. The Kier molecular flexibility index (Phi) is 4.81. The van der Waals surface area contributed by atoms with Crippen molar-refractivity contribution in [2.45, 2.75) is 18.3 Å². The van der Waals surface area contributed by atoms with Gasteiger partial charge < -0.3 is 19.5 Å². The number of hydrogen-bond acceptors (Lipinski definition) is 6. The lowest BCUT2D eigenvalue weighted by Gasteiger charge is -2.36. The zero-order valence-corrected chi connectivity index (χ0v) is 17.1. The lowest BCUT2D eigenvalue weighted by atomic mass is 9.73. The Morgan fingerprint density at radius 1 is 1.07 bits per heavy atom. The van der Waals surface area contributed by atoms with E-state index in [1.54, 1.807) is 0 Å². The van der Waals surface area contributed by atoms with E-state index in [4.69, 9.17) is 25.8 Å². The minimum absolute atomic E-state index is 0.0839. The fraction of sp³-hybridized carbons (Fsp3) is 0.333. The third-order valence-corrected chi connectivity index (χ3v) is 6.60. The Hall–Kier alpha value is -2.35. The number of thiazole rings is 1. The van der Waals surface area contributed by atoms with Gasteiger partial charge in [0.15, 0.2) is 16.6 Å². The highest BCUT2D eigenvalue weighted by atomic mass is 35.5. The van der Waals surface area contributed by atoms with E-state index in [1.165, 1.54) is 11.3 Å². The van der Waals surface area contributed by atoms with Gasteiger partial charge in [0.25, 0.3) is 0 Å². The highest BCUT2D eigenvalue weighted by molar-refractivity contribution is 7.22. The summed E-state index contributed by atoms with van der Waals surface area (Å²) < 4.78 is 17.7. The predicted octanol–water partition coefficient (Wildman–Crippen LogP) is 4.41. The number of carbonyl (C=O) groups excluding carboxylic acids is 1. The van der Waals surface area contributed by atoms with Crippen LogP contribution >= 0.6 is 22.9 Å². The van der Waals surface area contributed by atoms with Crippen LogP contribution in [0.25, 0.3) is 10.2 Å². The summed E-state index contributed by atoms with van der Waals surface area (Å²) in [7, 11) is 0. The smallest absolute Gasteiger partial charge is 0.236 e. The Morgan fingerprint density at radius 3 is 2.59 bits per heavy atom. The molecule has 0 bridgehead atoms. The monoisotopic (exact) mass is 430 g/mol. The van der Waals surface area contributed by atoms with Gasteiger partial charge >= 0.3 is 0 Å². The van der Waals surface area contributed by atoms with Gasteiger partial charge in [-0.1, -0.05) is 35.1 Å². The molecule has 2 aromatic carbocycles. The SMILES string of the molecule is O=C(Nc1nc2cc3c(cc2s1)OCCO3)C1(c2cccc(Cl)c2)CCOCC1. The summed E-state index contributed by atoms with van der Waals surface area (Å²) in [4.78, 5) is 18.0. The zero-order valence-electron chi connectivity index (χ0n) is 15.6. The molecule has 0 saturated carbocycles. The Morgan fingerprint density at radius 2 is 1.83 bits per heavy atom. The van der Waals surface area contributed by atoms with Crippen LogP contribution in [0.2, 0.25) is 5.02 Å². The molecule has 2 aliphatic rings. The number of benzene rings is 2. The van der Waals surface area contributed by atoms with Crippen molar-refractivity contribution in [3.05, 3.63) is 47.0 Å². The van der Waals surface area contributed by atoms with E-state index in [9.17, 15) is 4.79 Å². The fourth-order valence-corrected chi connectivity index (χ4v) is 4.95. The maximum absolute atomic E-state index is 13.4. The largest absolute Gasteiger partial charge is 0.486 e. The maximum atomic E-state index is 13.4. The van der Waals surface area contributed by atoms with Crippen LogP contribution in [0.5, 0.6) is 11.5 Å². The Balaban J connectivity index is 1.47. The third-order valence-electron chi connectivity index (χ3n) is 5.43. The molecule has 1 fully saturated rings. The molecular formula is C21H19ClN2O4S. The molecule has 29 heavy (non-hydrogen) atoms. The van der Waals surface area contributed by atoms with Gasteiger partial charge in [-0.15, -0.1) is 0 Å². The second kappa shape index (κ2) is 7.48. The van der Waals surface area contributed by atoms with Gasteiger partial charge in [-0.2, -0.15) is 0 Å². The first-order chi connectivity index (χ1) is 14.1. The molecule has 0 radical (unpaired) electrons. The van der Waals surface area contributed by atoms with Crippen molar-refractivity contribution in [2.75, 3.05) is 31.7 Å². The summed E-state index contributed by atoms with van der Waals surface area (Å²) in [5, 5.41) is 4.21. The summed E-state index contributed by atoms with van der Waals surface area (Å²) in [5.41, 5.74) is 0.995. The van der Waals surface area contributed by atoms with Gasteiger partial charge in [-0.3, -0.25) is 4.79 Å². The quantitative estimate of drug-likeness (QED) is 0.666. The van der Waals surface area contributed by atoms with Gasteiger partial charge in [0.05, 0.1) is 15.6 Å². The lowest BCUT2D eigenvalue weighted by molar-refractivity contribution is -0.125. The van der Waals surface area contributed by atoms with Gasteiger partial charge in [0, 0.05) is 30.4 Å². The van der Waals surface area contributed by atoms with Crippen molar-refractivity contribution in [1.82, 2.24) is 4.98 Å². The number of hydrogen-bond donors (Lipinski definition) is 1. The van der Waals surface area contributed by atoms with E-state index in [0.29, 0.717) is 60.9 Å². The van der Waals surface area contributed by atoms with E-state index >= 15 is 0 Å². The average Bonchev–Trinajstić information content (AvgIpc) is 3.13. The van der Waals surface area contributed by atoms with Crippen molar-refractivity contribution in [3.8, 4) is 11.5 Å². The highest BCUT2D eigenvalue weighted by Gasteiger charge is 2.42. The molecule has 3 heterocycles. The summed E-state index contributed by atoms with van der Waals surface area (Å²) in [5.74, 6) is 1.32. The van der Waals surface area contributed by atoms with Crippen LogP contribution in [0.4, 0.5) is 5.13 Å². The molecule has 1 aromatic heterocycles. The predicted molar refractivity (Wildman–Crippen MR) is 112 cm³/mol. The minimum atomic E-state index is -0.688. The molecule has 150 valence electrons. The van der Waals surface area contributed by atoms with Gasteiger partial charge in [0.1, 0.15) is 13.2 Å². The first kappa shape index (κ1) is 18.7. The van der Waals surface area contributed by atoms with Gasteiger partial charge in [-0.05, 0) is 30.5 Å². The molecule has 0 aliphatic carbocycles. The lowest BCUT2D eigenvalue weighted by Crippen LogP contribution is -2.44. The second-order valence-corrected chi connectivity index (χ2v) is 8.61. The number of nitrogens with one attached hydrogen (secondary N) is 1. The summed E-state index contributed by atoms with van der Waals surface area (Å²) in [6.07, 6.45) is 1.19. The summed E-state index contributed by atoms with van der Waals surface area (Å²) in [6, 6.07) is 11.3. The highest BCUT2D eigenvalue weighted by Crippen LogP contribution is 2.40. The van der Waals surface area contributed by atoms with Crippen LogP contribution in [-0.4, -0.2) is 37.3 Å². The van der Waals surface area contributed by atoms with Crippen LogP contribution in [-0.2, 0) is 14.9 Å². The first-order valence-corrected chi connectivity index (χ1v) is 10.7. The molecule has 5 rings (SSSR count). The van der Waals surface area contributed by atoms with Crippen LogP contribution in [0, 0.1) is 0 Å². The molecule has 3 aromatic rings. The van der Waals surface area contributed by atoms with Crippen molar-refractivity contribution in [3.63, 3.8) is 0 Å². The topological polar surface area (TPSA) is 69.7 Å². The van der Waals surface area contributed by atoms with Crippen molar-refractivity contribution >= 4 is 44.2 Å². The van der Waals surface area contributed by atoms with E-state index in [0.717, 1.165) is 15.8 Å². The molecule has 1 amide bonds. The van der Waals surface area contributed by atoms with Crippen LogP contribution < -0.4 is 14.8 Å². The number of ether oxygens (including phenoxy) is 3. The number of fused-ring (bicyclic) bond motifs is 2. The van der Waals surface area contributed by atoms with Crippen molar-refractivity contribution in [2.24, 2.45) is 0 Å². The summed E-state index contributed by atoms with van der Waals surface area (Å²) >= 11 is 7.63. The molecule has 6 nitrogen and oxygen atoms in total. The number of amides is 1. The average molecular weight is 431 g/mol. The van der Waals surface area contributed by atoms with E-state index in [1.807, 2.05) is 36.4 Å². The number of rotatable bonds is 3. The first-order valence-electron chi connectivity index (χ1n) is 9.49. The number of anilines is 1. The number of aromatic nitrogens is 1. The molecule has 0 unspecified atom stereocenters. The van der Waals surface area contributed by atoms with E-state index in [2.05, 4.69) is 10.3 Å². The van der Waals surface area contributed by atoms with Gasteiger partial charge in [0.2, 0.25) is 5.91 Å². The molecular weight excluding hydrogens is 412 g/mol. The standard InChI is InChI=1S/C21H19ClN2O4S/c22-14-3-1-2-13(10-14)21(4-6-26-7-5-21)19(25)24-20-23-15-11-16-17(12-18(15)29-20)28-9-8-27-16/h1-3,10-12H,4-9H2,(H,23,24,25). The number of halogens is 1. The molecule has 0 atom stereocenters. The Labute approximate surface area is 176 Å². The third kappa shape index (κ3) is 3.43. The second-order valence-electron chi connectivity index (χ2n) is 7.14. The number of carbonyl (C=O) groups is 1. The van der Waals surface area contributed by atoms with Crippen LogP contribution in [0.15, 0.2) is 36.4 Å².